The second-order valence-electron chi connectivity index (χ2n) is 4.98. The van der Waals surface area contributed by atoms with Crippen molar-refractivity contribution in [2.24, 2.45) is 0 Å². The van der Waals surface area contributed by atoms with Gasteiger partial charge in [0.25, 0.3) is 0 Å². The molecular formula is C15H17BrClN3. The maximum Gasteiger partial charge on any atom is 0.137 e. The number of aromatic nitrogens is 2. The summed E-state index contributed by atoms with van der Waals surface area (Å²) in [4.78, 5) is 8.86. The Morgan fingerprint density at radius 2 is 1.85 bits per heavy atom. The van der Waals surface area contributed by atoms with Crippen molar-refractivity contribution in [3.05, 3.63) is 50.8 Å². The van der Waals surface area contributed by atoms with Crippen LogP contribution in [0, 0.1) is 6.92 Å². The molecule has 0 atom stereocenters. The fourth-order valence-corrected chi connectivity index (χ4v) is 2.16. The highest BCUT2D eigenvalue weighted by atomic mass is 79.9. The summed E-state index contributed by atoms with van der Waals surface area (Å²) in [6.45, 7) is 6.74. The first-order valence-electron chi connectivity index (χ1n) is 6.49. The molecule has 0 aliphatic heterocycles. The fourth-order valence-electron chi connectivity index (χ4n) is 1.72. The molecule has 5 heteroatoms. The highest BCUT2D eigenvalue weighted by molar-refractivity contribution is 9.10. The van der Waals surface area contributed by atoms with Crippen LogP contribution >= 0.6 is 27.5 Å². The highest BCUT2D eigenvalue weighted by Crippen LogP contribution is 2.23. The van der Waals surface area contributed by atoms with Gasteiger partial charge in [0, 0.05) is 22.5 Å². The Bertz CT molecular complexity index is 597. The summed E-state index contributed by atoms with van der Waals surface area (Å²) in [5.74, 6) is 1.82. The van der Waals surface area contributed by atoms with Crippen molar-refractivity contribution in [1.82, 2.24) is 9.97 Å². The number of anilines is 1. The van der Waals surface area contributed by atoms with Crippen LogP contribution in [0.1, 0.15) is 36.7 Å². The van der Waals surface area contributed by atoms with Crippen LogP contribution in [0.4, 0.5) is 5.82 Å². The van der Waals surface area contributed by atoms with Gasteiger partial charge < -0.3 is 5.32 Å². The lowest BCUT2D eigenvalue weighted by Gasteiger charge is -2.13. The van der Waals surface area contributed by atoms with E-state index in [1.807, 2.05) is 19.1 Å². The van der Waals surface area contributed by atoms with Crippen LogP contribution in [-0.4, -0.2) is 9.97 Å². The Morgan fingerprint density at radius 1 is 1.20 bits per heavy atom. The molecule has 0 aliphatic rings. The van der Waals surface area contributed by atoms with Crippen LogP contribution in [0.2, 0.25) is 5.15 Å². The first kappa shape index (κ1) is 15.3. The Morgan fingerprint density at radius 3 is 2.45 bits per heavy atom. The molecule has 1 aromatic carbocycles. The number of nitrogens with zero attached hydrogens (tertiary/aromatic N) is 2. The van der Waals surface area contributed by atoms with Gasteiger partial charge in [-0.15, -0.1) is 0 Å². The van der Waals surface area contributed by atoms with E-state index in [1.165, 1.54) is 5.56 Å². The van der Waals surface area contributed by atoms with Gasteiger partial charge >= 0.3 is 0 Å². The third-order valence-corrected chi connectivity index (χ3v) is 3.89. The molecule has 1 heterocycles. The van der Waals surface area contributed by atoms with Crippen molar-refractivity contribution in [1.29, 1.82) is 0 Å². The van der Waals surface area contributed by atoms with Crippen LogP contribution in [0.25, 0.3) is 0 Å². The average molecular weight is 355 g/mol. The van der Waals surface area contributed by atoms with Gasteiger partial charge in [-0.1, -0.05) is 53.5 Å². The summed E-state index contributed by atoms with van der Waals surface area (Å²) in [5.41, 5.74) is 2.07. The lowest BCUT2D eigenvalue weighted by molar-refractivity contribution is 0.771. The molecule has 0 saturated heterocycles. The maximum atomic E-state index is 6.17. The predicted molar refractivity (Wildman–Crippen MR) is 87.3 cm³/mol. The lowest BCUT2D eigenvalue weighted by Crippen LogP contribution is -2.08. The molecule has 0 saturated carbocycles. The van der Waals surface area contributed by atoms with E-state index in [0.717, 1.165) is 21.7 Å². The van der Waals surface area contributed by atoms with Crippen LogP contribution in [0.15, 0.2) is 28.7 Å². The lowest BCUT2D eigenvalue weighted by atomic mass is 10.2. The summed E-state index contributed by atoms with van der Waals surface area (Å²) in [6.07, 6.45) is 0. The fraction of sp³-hybridized carbons (Fsp3) is 0.333. The minimum atomic E-state index is 0.251. The minimum Gasteiger partial charge on any atom is -0.366 e. The van der Waals surface area contributed by atoms with Gasteiger partial charge in [-0.05, 0) is 24.6 Å². The molecule has 0 radical (unpaired) electrons. The zero-order valence-corrected chi connectivity index (χ0v) is 14.1. The molecule has 0 aliphatic carbocycles. The predicted octanol–water partition coefficient (Wildman–Crippen LogP) is 4.94. The third kappa shape index (κ3) is 3.70. The second-order valence-corrected chi connectivity index (χ2v) is 6.25. The number of halogens is 2. The molecule has 106 valence electrons. The number of benzene rings is 1. The van der Waals surface area contributed by atoms with Crippen LogP contribution in [-0.2, 0) is 6.54 Å². The Labute approximate surface area is 132 Å². The Balaban J connectivity index is 2.18. The van der Waals surface area contributed by atoms with E-state index in [1.54, 1.807) is 0 Å². The summed E-state index contributed by atoms with van der Waals surface area (Å²) < 4.78 is 1.07. The molecule has 1 aromatic heterocycles. The molecule has 0 amide bonds. The quantitative estimate of drug-likeness (QED) is 0.791. The van der Waals surface area contributed by atoms with Gasteiger partial charge in [-0.25, -0.2) is 9.97 Å². The van der Waals surface area contributed by atoms with Gasteiger partial charge in [0.1, 0.15) is 16.8 Å². The molecular weight excluding hydrogens is 338 g/mol. The Hall–Kier alpha value is -1.13. The van der Waals surface area contributed by atoms with Gasteiger partial charge in [0.05, 0.1) is 0 Å². The molecule has 0 spiro atoms. The molecule has 2 aromatic rings. The van der Waals surface area contributed by atoms with E-state index >= 15 is 0 Å². The van der Waals surface area contributed by atoms with E-state index in [-0.39, 0.29) is 5.92 Å². The van der Waals surface area contributed by atoms with E-state index in [4.69, 9.17) is 11.6 Å². The van der Waals surface area contributed by atoms with E-state index in [9.17, 15) is 0 Å². The number of hydrogen-bond donors (Lipinski definition) is 1. The molecule has 1 N–H and O–H groups in total. The number of hydrogen-bond acceptors (Lipinski definition) is 3. The normalized spacial score (nSPS) is 10.9. The molecule has 0 bridgehead atoms. The van der Waals surface area contributed by atoms with E-state index in [2.05, 4.69) is 57.2 Å². The van der Waals surface area contributed by atoms with E-state index < -0.39 is 0 Å². The van der Waals surface area contributed by atoms with Gasteiger partial charge in [0.15, 0.2) is 0 Å². The van der Waals surface area contributed by atoms with Crippen molar-refractivity contribution in [2.45, 2.75) is 33.2 Å². The maximum absolute atomic E-state index is 6.17. The number of nitrogens with one attached hydrogen (secondary N) is 1. The smallest absolute Gasteiger partial charge is 0.137 e. The first-order valence-corrected chi connectivity index (χ1v) is 7.67. The molecule has 0 unspecified atom stereocenters. The standard InChI is InChI=1S/C15H17BrClN3/c1-9(2)14-19-13(17)10(3)15(20-14)18-8-11-4-6-12(16)7-5-11/h4-7,9H,8H2,1-3H3,(H,18,19,20). The average Bonchev–Trinajstić information content (AvgIpc) is 2.42. The largest absolute Gasteiger partial charge is 0.366 e. The van der Waals surface area contributed by atoms with Crippen LogP contribution in [0.5, 0.6) is 0 Å². The third-order valence-electron chi connectivity index (χ3n) is 2.99. The minimum absolute atomic E-state index is 0.251. The van der Waals surface area contributed by atoms with Crippen molar-refractivity contribution in [3.63, 3.8) is 0 Å². The van der Waals surface area contributed by atoms with Crippen molar-refractivity contribution < 1.29 is 0 Å². The highest BCUT2D eigenvalue weighted by Gasteiger charge is 2.11. The van der Waals surface area contributed by atoms with Crippen molar-refractivity contribution in [2.75, 3.05) is 5.32 Å². The van der Waals surface area contributed by atoms with Crippen molar-refractivity contribution >= 4 is 33.3 Å². The van der Waals surface area contributed by atoms with Gasteiger partial charge in [-0.2, -0.15) is 0 Å². The first-order chi connectivity index (χ1) is 9.47. The molecule has 0 fully saturated rings. The summed E-state index contributed by atoms with van der Waals surface area (Å²) >= 11 is 9.60. The SMILES string of the molecule is Cc1c(Cl)nc(C(C)C)nc1NCc1ccc(Br)cc1. The van der Waals surface area contributed by atoms with Crippen molar-refractivity contribution in [3.8, 4) is 0 Å². The zero-order valence-electron chi connectivity index (χ0n) is 11.7. The molecule has 2 rings (SSSR count). The van der Waals surface area contributed by atoms with Gasteiger partial charge in [-0.3, -0.25) is 0 Å². The Kier molecular flexibility index (Phi) is 5.00. The monoisotopic (exact) mass is 353 g/mol. The van der Waals surface area contributed by atoms with E-state index in [0.29, 0.717) is 11.7 Å². The zero-order chi connectivity index (χ0) is 14.7. The second kappa shape index (κ2) is 6.55. The topological polar surface area (TPSA) is 37.8 Å². The number of rotatable bonds is 4. The molecule has 20 heavy (non-hydrogen) atoms. The summed E-state index contributed by atoms with van der Waals surface area (Å²) in [7, 11) is 0. The van der Waals surface area contributed by atoms with Crippen LogP contribution in [0.3, 0.4) is 0 Å². The summed E-state index contributed by atoms with van der Waals surface area (Å²) in [6, 6.07) is 8.18. The van der Waals surface area contributed by atoms with Gasteiger partial charge in [0.2, 0.25) is 0 Å². The van der Waals surface area contributed by atoms with Crippen LogP contribution < -0.4 is 5.32 Å². The molecule has 3 nitrogen and oxygen atoms in total. The summed E-state index contributed by atoms with van der Waals surface area (Å²) in [5, 5.41) is 3.85.